The topological polar surface area (TPSA) is 48.5 Å². The second kappa shape index (κ2) is 4.90. The Hall–Kier alpha value is -1.88. The largest absolute Gasteiger partial charge is 0.307 e. The molecule has 3 aromatic rings. The van der Waals surface area contributed by atoms with Gasteiger partial charge in [0.1, 0.15) is 11.3 Å². The Labute approximate surface area is 122 Å². The Balaban J connectivity index is 2.14. The van der Waals surface area contributed by atoms with Crippen molar-refractivity contribution in [2.45, 2.75) is 25.8 Å². The standard InChI is InChI=1S/C14H16ClN5/c1-9(15)13-18-12-5-4-6-16-14(12)20(13)8-11-7-17-19(3)10(11)2/h4-7,9H,8H2,1-3H3. The highest BCUT2D eigenvalue weighted by Gasteiger charge is 2.17. The lowest BCUT2D eigenvalue weighted by molar-refractivity contribution is 0.717. The summed E-state index contributed by atoms with van der Waals surface area (Å²) in [5.41, 5.74) is 4.02. The molecule has 0 aliphatic heterocycles. The highest BCUT2D eigenvalue weighted by atomic mass is 35.5. The molecule has 6 heteroatoms. The van der Waals surface area contributed by atoms with Crippen molar-refractivity contribution >= 4 is 22.8 Å². The summed E-state index contributed by atoms with van der Waals surface area (Å²) >= 11 is 6.26. The summed E-state index contributed by atoms with van der Waals surface area (Å²) in [7, 11) is 1.94. The van der Waals surface area contributed by atoms with Crippen molar-refractivity contribution in [1.29, 1.82) is 0 Å². The van der Waals surface area contributed by atoms with Crippen LogP contribution < -0.4 is 0 Å². The molecule has 0 bridgehead atoms. The van der Waals surface area contributed by atoms with E-state index in [9.17, 15) is 0 Å². The molecule has 1 atom stereocenters. The Kier molecular flexibility index (Phi) is 3.22. The molecule has 3 heterocycles. The number of hydrogen-bond acceptors (Lipinski definition) is 3. The van der Waals surface area contributed by atoms with Crippen molar-refractivity contribution in [3.63, 3.8) is 0 Å². The Bertz CT molecular complexity index is 756. The first-order valence-electron chi connectivity index (χ1n) is 6.50. The third-order valence-corrected chi connectivity index (χ3v) is 3.75. The molecule has 0 saturated heterocycles. The van der Waals surface area contributed by atoms with Crippen molar-refractivity contribution < 1.29 is 0 Å². The zero-order valence-corrected chi connectivity index (χ0v) is 12.5. The molecule has 0 aliphatic rings. The summed E-state index contributed by atoms with van der Waals surface area (Å²) in [6.07, 6.45) is 3.66. The van der Waals surface area contributed by atoms with E-state index in [1.54, 1.807) is 6.20 Å². The number of alkyl halides is 1. The Morgan fingerprint density at radius 1 is 1.40 bits per heavy atom. The second-order valence-electron chi connectivity index (χ2n) is 4.90. The molecule has 0 aromatic carbocycles. The lowest BCUT2D eigenvalue weighted by Gasteiger charge is -2.09. The molecule has 20 heavy (non-hydrogen) atoms. The van der Waals surface area contributed by atoms with Crippen LogP contribution in [0.25, 0.3) is 11.2 Å². The minimum absolute atomic E-state index is 0.166. The molecule has 0 spiro atoms. The smallest absolute Gasteiger partial charge is 0.160 e. The molecule has 3 aromatic heterocycles. The molecule has 0 radical (unpaired) electrons. The van der Waals surface area contributed by atoms with E-state index < -0.39 is 0 Å². The van der Waals surface area contributed by atoms with Gasteiger partial charge < -0.3 is 4.57 Å². The number of fused-ring (bicyclic) bond motifs is 1. The van der Waals surface area contributed by atoms with Crippen LogP contribution in [-0.2, 0) is 13.6 Å². The lowest BCUT2D eigenvalue weighted by Crippen LogP contribution is -2.07. The number of hydrogen-bond donors (Lipinski definition) is 0. The molecule has 3 rings (SSSR count). The molecule has 104 valence electrons. The van der Waals surface area contributed by atoms with Crippen LogP contribution in [0.3, 0.4) is 0 Å². The van der Waals surface area contributed by atoms with Crippen LogP contribution in [-0.4, -0.2) is 24.3 Å². The summed E-state index contributed by atoms with van der Waals surface area (Å²) in [5, 5.41) is 4.12. The predicted molar refractivity (Wildman–Crippen MR) is 78.8 cm³/mol. The van der Waals surface area contributed by atoms with Gasteiger partial charge in [-0.1, -0.05) is 0 Å². The fraction of sp³-hybridized carbons (Fsp3) is 0.357. The molecule has 0 aliphatic carbocycles. The van der Waals surface area contributed by atoms with Crippen molar-refractivity contribution in [2.75, 3.05) is 0 Å². The average molecular weight is 290 g/mol. The van der Waals surface area contributed by atoms with Gasteiger partial charge in [0, 0.05) is 24.5 Å². The van der Waals surface area contributed by atoms with Crippen LogP contribution in [0.2, 0.25) is 0 Å². The number of aromatic nitrogens is 5. The van der Waals surface area contributed by atoms with Crippen LogP contribution in [0.5, 0.6) is 0 Å². The third kappa shape index (κ3) is 2.08. The zero-order valence-electron chi connectivity index (χ0n) is 11.7. The van der Waals surface area contributed by atoms with E-state index in [1.165, 1.54) is 0 Å². The van der Waals surface area contributed by atoms with Gasteiger partial charge in [0.2, 0.25) is 0 Å². The maximum atomic E-state index is 6.26. The number of imidazole rings is 1. The first-order valence-corrected chi connectivity index (χ1v) is 6.94. The molecule has 0 fully saturated rings. The molecule has 5 nitrogen and oxygen atoms in total. The highest BCUT2D eigenvalue weighted by Crippen LogP contribution is 2.24. The normalized spacial score (nSPS) is 13.0. The average Bonchev–Trinajstić information content (AvgIpc) is 2.95. The van der Waals surface area contributed by atoms with Crippen molar-refractivity contribution in [1.82, 2.24) is 24.3 Å². The van der Waals surface area contributed by atoms with Gasteiger partial charge >= 0.3 is 0 Å². The van der Waals surface area contributed by atoms with E-state index in [-0.39, 0.29) is 5.38 Å². The molecule has 0 N–H and O–H groups in total. The highest BCUT2D eigenvalue weighted by molar-refractivity contribution is 6.20. The van der Waals surface area contributed by atoms with Gasteiger partial charge in [0.15, 0.2) is 5.65 Å². The van der Waals surface area contributed by atoms with Crippen molar-refractivity contribution in [3.05, 3.63) is 41.6 Å². The van der Waals surface area contributed by atoms with Gasteiger partial charge in [-0.15, -0.1) is 11.6 Å². The van der Waals surface area contributed by atoms with Crippen LogP contribution >= 0.6 is 11.6 Å². The molecule has 0 saturated carbocycles. The van der Waals surface area contributed by atoms with Gasteiger partial charge in [-0.25, -0.2) is 9.97 Å². The molecular formula is C14H16ClN5. The summed E-state index contributed by atoms with van der Waals surface area (Å²) in [5.74, 6) is 0.837. The van der Waals surface area contributed by atoms with Crippen LogP contribution in [0, 0.1) is 6.92 Å². The van der Waals surface area contributed by atoms with E-state index >= 15 is 0 Å². The van der Waals surface area contributed by atoms with Gasteiger partial charge in [0.05, 0.1) is 18.1 Å². The van der Waals surface area contributed by atoms with E-state index in [0.29, 0.717) is 6.54 Å². The number of halogens is 1. The molecule has 1 unspecified atom stereocenters. The summed E-state index contributed by atoms with van der Waals surface area (Å²) in [6, 6.07) is 3.84. The summed E-state index contributed by atoms with van der Waals surface area (Å²) in [6.45, 7) is 4.66. The van der Waals surface area contributed by atoms with Crippen molar-refractivity contribution in [3.8, 4) is 0 Å². The van der Waals surface area contributed by atoms with E-state index in [0.717, 1.165) is 28.2 Å². The summed E-state index contributed by atoms with van der Waals surface area (Å²) in [4.78, 5) is 9.02. The second-order valence-corrected chi connectivity index (χ2v) is 5.55. The monoisotopic (exact) mass is 289 g/mol. The van der Waals surface area contributed by atoms with Crippen LogP contribution in [0.1, 0.15) is 29.4 Å². The van der Waals surface area contributed by atoms with E-state index in [1.807, 2.05) is 37.0 Å². The minimum atomic E-state index is -0.166. The minimum Gasteiger partial charge on any atom is -0.307 e. The van der Waals surface area contributed by atoms with Crippen LogP contribution in [0.4, 0.5) is 0 Å². The number of aryl methyl sites for hydroxylation is 1. The van der Waals surface area contributed by atoms with Crippen molar-refractivity contribution in [2.24, 2.45) is 7.05 Å². The fourth-order valence-electron chi connectivity index (χ4n) is 2.31. The quantitative estimate of drug-likeness (QED) is 0.697. The third-order valence-electron chi connectivity index (χ3n) is 3.55. The van der Waals surface area contributed by atoms with Gasteiger partial charge in [-0.3, -0.25) is 4.68 Å². The van der Waals surface area contributed by atoms with Gasteiger partial charge in [-0.2, -0.15) is 5.10 Å². The van der Waals surface area contributed by atoms with E-state index in [2.05, 4.69) is 26.6 Å². The predicted octanol–water partition coefficient (Wildman–Crippen LogP) is 2.82. The number of nitrogens with zero attached hydrogens (tertiary/aromatic N) is 5. The molecular weight excluding hydrogens is 274 g/mol. The van der Waals surface area contributed by atoms with Gasteiger partial charge in [0.25, 0.3) is 0 Å². The fourth-order valence-corrected chi connectivity index (χ4v) is 2.47. The maximum absolute atomic E-state index is 6.26. The number of rotatable bonds is 3. The van der Waals surface area contributed by atoms with E-state index in [4.69, 9.17) is 11.6 Å². The Morgan fingerprint density at radius 2 is 2.20 bits per heavy atom. The van der Waals surface area contributed by atoms with Gasteiger partial charge in [-0.05, 0) is 26.0 Å². The Morgan fingerprint density at radius 3 is 2.85 bits per heavy atom. The first-order chi connectivity index (χ1) is 9.58. The zero-order chi connectivity index (χ0) is 14.3. The SMILES string of the molecule is Cc1c(Cn2c(C(C)Cl)nc3cccnc32)cnn1C. The number of pyridine rings is 1. The summed E-state index contributed by atoms with van der Waals surface area (Å²) < 4.78 is 3.93. The lowest BCUT2D eigenvalue weighted by atomic mass is 10.2. The first kappa shape index (κ1) is 13.1. The van der Waals surface area contributed by atoms with Crippen LogP contribution in [0.15, 0.2) is 24.5 Å². The maximum Gasteiger partial charge on any atom is 0.160 e. The molecule has 0 amide bonds.